The van der Waals surface area contributed by atoms with E-state index < -0.39 is 5.09 Å². The second kappa shape index (κ2) is 10.9. The fraction of sp³-hybridized carbons (Fsp3) is 0.500. The van der Waals surface area contributed by atoms with Crippen LogP contribution in [0, 0.1) is 15.3 Å². The minimum Gasteiger partial charge on any atom is -0.358 e. The zero-order chi connectivity index (χ0) is 12.9. The quantitative estimate of drug-likeness (QED) is 0.466. The normalized spacial score (nSPS) is 9.24. The summed E-state index contributed by atoms with van der Waals surface area (Å²) >= 11 is 0. The smallest absolute Gasteiger partial charge is 0.0739 e. The largest absolute Gasteiger partial charge is 0.358 e. The van der Waals surface area contributed by atoms with Gasteiger partial charge in [0.2, 0.25) is 0 Å². The third kappa shape index (κ3) is 12.3. The van der Waals surface area contributed by atoms with Crippen LogP contribution in [0.25, 0.3) is 0 Å². The first-order chi connectivity index (χ1) is 8.16. The topological polar surface area (TPSA) is 93.8 Å². The molecule has 0 saturated heterocycles. The molecule has 0 aliphatic rings. The minimum absolute atomic E-state index is 1.09. The van der Waals surface area contributed by atoms with E-state index in [2.05, 4.69) is 36.1 Å². The molecule has 1 aromatic rings. The standard InChI is InChI=1S/C12H19N.NO3/c13-11-7-2-1-4-8-12-9-5-3-6-10-12;2-1(3)4/h3,5-6,9-10H,1-2,4,7-8,11,13H2;/q;-1/p+1. The number of aryl methyl sites for hydroxylation is 1. The molecule has 0 aromatic heterocycles. The lowest BCUT2D eigenvalue weighted by atomic mass is 10.1. The van der Waals surface area contributed by atoms with E-state index in [9.17, 15) is 0 Å². The molecule has 0 unspecified atom stereocenters. The maximum Gasteiger partial charge on any atom is 0.0739 e. The average molecular weight is 240 g/mol. The summed E-state index contributed by atoms with van der Waals surface area (Å²) in [7, 11) is 0. The summed E-state index contributed by atoms with van der Waals surface area (Å²) in [5.41, 5.74) is 5.31. The molecule has 0 amide bonds. The Balaban J connectivity index is 0.000000557. The van der Waals surface area contributed by atoms with Gasteiger partial charge in [-0.25, -0.2) is 0 Å². The van der Waals surface area contributed by atoms with Gasteiger partial charge in [0, 0.05) is 0 Å². The Morgan fingerprint density at radius 3 is 2.06 bits per heavy atom. The van der Waals surface area contributed by atoms with Crippen LogP contribution in [-0.4, -0.2) is 11.6 Å². The molecule has 0 fully saturated rings. The Bertz CT molecular complexity index is 287. The van der Waals surface area contributed by atoms with Gasteiger partial charge in [0.1, 0.15) is 0 Å². The zero-order valence-corrected chi connectivity index (χ0v) is 10.0. The van der Waals surface area contributed by atoms with Crippen molar-refractivity contribution >= 4 is 0 Å². The number of quaternary nitrogens is 1. The second-order valence-corrected chi connectivity index (χ2v) is 3.73. The summed E-state index contributed by atoms with van der Waals surface area (Å²) in [5, 5.41) is 14.8. The van der Waals surface area contributed by atoms with Gasteiger partial charge in [0.25, 0.3) is 0 Å². The summed E-state index contributed by atoms with van der Waals surface area (Å²) in [6.45, 7) is 1.09. The van der Waals surface area contributed by atoms with E-state index in [-0.39, 0.29) is 0 Å². The molecule has 0 saturated carbocycles. The maximum atomic E-state index is 8.25. The highest BCUT2D eigenvalue weighted by atomic mass is 16.9. The van der Waals surface area contributed by atoms with Gasteiger partial charge in [-0.3, -0.25) is 0 Å². The average Bonchev–Trinajstić information content (AvgIpc) is 2.29. The Labute approximate surface area is 101 Å². The first-order valence-electron chi connectivity index (χ1n) is 5.81. The predicted molar refractivity (Wildman–Crippen MR) is 66.7 cm³/mol. The Kier molecular flexibility index (Phi) is 9.85. The summed E-state index contributed by atoms with van der Waals surface area (Å²) in [6.07, 6.45) is 6.54. The van der Waals surface area contributed by atoms with E-state index in [1.165, 1.54) is 37.7 Å². The fourth-order valence-electron chi connectivity index (χ4n) is 1.50. The van der Waals surface area contributed by atoms with Crippen molar-refractivity contribution in [2.45, 2.75) is 32.1 Å². The molecule has 17 heavy (non-hydrogen) atoms. The van der Waals surface area contributed by atoms with Gasteiger partial charge in [0.15, 0.2) is 0 Å². The lowest BCUT2D eigenvalue weighted by Gasteiger charge is -2.00. The van der Waals surface area contributed by atoms with Crippen molar-refractivity contribution in [1.82, 2.24) is 0 Å². The number of benzene rings is 1. The van der Waals surface area contributed by atoms with E-state index >= 15 is 0 Å². The van der Waals surface area contributed by atoms with E-state index in [1.54, 1.807) is 0 Å². The molecule has 0 radical (unpaired) electrons. The van der Waals surface area contributed by atoms with Crippen LogP contribution >= 0.6 is 0 Å². The van der Waals surface area contributed by atoms with Crippen molar-refractivity contribution in [3.8, 4) is 0 Å². The second-order valence-electron chi connectivity index (χ2n) is 3.73. The van der Waals surface area contributed by atoms with Crippen molar-refractivity contribution < 1.29 is 10.8 Å². The molecule has 0 spiro atoms. The van der Waals surface area contributed by atoms with Gasteiger partial charge in [-0.05, 0) is 31.2 Å². The molecule has 1 rings (SSSR count). The first kappa shape index (κ1) is 15.4. The van der Waals surface area contributed by atoms with Gasteiger partial charge in [0.05, 0.1) is 11.6 Å². The summed E-state index contributed by atoms with van der Waals surface area (Å²) < 4.78 is 0. The number of unbranched alkanes of at least 4 members (excludes halogenated alkanes) is 3. The highest BCUT2D eigenvalue weighted by Crippen LogP contribution is 2.06. The Hall–Kier alpha value is -1.62. The molecule has 0 aliphatic heterocycles. The van der Waals surface area contributed by atoms with Gasteiger partial charge < -0.3 is 21.1 Å². The van der Waals surface area contributed by atoms with Gasteiger partial charge in [-0.15, -0.1) is 0 Å². The minimum atomic E-state index is -1.75. The molecule has 0 bridgehead atoms. The van der Waals surface area contributed by atoms with Crippen molar-refractivity contribution in [3.63, 3.8) is 0 Å². The molecular weight excluding hydrogens is 220 g/mol. The molecule has 5 nitrogen and oxygen atoms in total. The van der Waals surface area contributed by atoms with E-state index in [0.717, 1.165) is 6.54 Å². The molecule has 0 heterocycles. The summed E-state index contributed by atoms with van der Waals surface area (Å²) in [4.78, 5) is 8.25. The van der Waals surface area contributed by atoms with Crippen molar-refractivity contribution in [3.05, 3.63) is 51.2 Å². The molecular formula is C12H20N2O3. The van der Waals surface area contributed by atoms with Crippen molar-refractivity contribution in [2.75, 3.05) is 6.54 Å². The molecule has 5 heteroatoms. The van der Waals surface area contributed by atoms with Crippen LogP contribution in [0.2, 0.25) is 0 Å². The molecule has 3 N–H and O–H groups in total. The molecule has 0 atom stereocenters. The first-order valence-corrected chi connectivity index (χ1v) is 5.81. The van der Waals surface area contributed by atoms with Crippen LogP contribution in [0.5, 0.6) is 0 Å². The van der Waals surface area contributed by atoms with Gasteiger partial charge in [-0.2, -0.15) is 0 Å². The third-order valence-corrected chi connectivity index (χ3v) is 2.31. The number of hydrogen-bond acceptors (Lipinski definition) is 3. The van der Waals surface area contributed by atoms with Crippen molar-refractivity contribution in [1.29, 1.82) is 0 Å². The van der Waals surface area contributed by atoms with Crippen LogP contribution in [0.15, 0.2) is 30.3 Å². The highest BCUT2D eigenvalue weighted by molar-refractivity contribution is 5.14. The van der Waals surface area contributed by atoms with Crippen LogP contribution < -0.4 is 5.73 Å². The summed E-state index contributed by atoms with van der Waals surface area (Å²) in [6, 6.07) is 10.7. The van der Waals surface area contributed by atoms with Crippen LogP contribution in [0.3, 0.4) is 0 Å². The van der Waals surface area contributed by atoms with Crippen LogP contribution in [0.4, 0.5) is 0 Å². The van der Waals surface area contributed by atoms with E-state index in [4.69, 9.17) is 15.3 Å². The molecule has 96 valence electrons. The van der Waals surface area contributed by atoms with E-state index in [1.807, 2.05) is 0 Å². The lowest BCUT2D eigenvalue weighted by Crippen LogP contribution is -2.50. The van der Waals surface area contributed by atoms with Gasteiger partial charge >= 0.3 is 0 Å². The number of hydrogen-bond donors (Lipinski definition) is 1. The fourth-order valence-corrected chi connectivity index (χ4v) is 1.50. The monoisotopic (exact) mass is 240 g/mol. The molecule has 0 aliphatic carbocycles. The third-order valence-electron chi connectivity index (χ3n) is 2.31. The van der Waals surface area contributed by atoms with Crippen LogP contribution in [-0.2, 0) is 6.42 Å². The van der Waals surface area contributed by atoms with Gasteiger partial charge in [-0.1, -0.05) is 36.8 Å². The zero-order valence-electron chi connectivity index (χ0n) is 10.0. The predicted octanol–water partition coefficient (Wildman–Crippen LogP) is 1.79. The van der Waals surface area contributed by atoms with E-state index in [0.29, 0.717) is 0 Å². The van der Waals surface area contributed by atoms with Crippen LogP contribution in [0.1, 0.15) is 31.2 Å². The number of nitrogens with zero attached hydrogens (tertiary/aromatic N) is 1. The Morgan fingerprint density at radius 2 is 1.53 bits per heavy atom. The Morgan fingerprint density at radius 1 is 1.00 bits per heavy atom. The maximum absolute atomic E-state index is 8.25. The SMILES string of the molecule is O=[N+]([O-])[O-].[NH3+]CCCCCCc1ccccc1. The summed E-state index contributed by atoms with van der Waals surface area (Å²) in [5.74, 6) is 0. The number of rotatable bonds is 6. The van der Waals surface area contributed by atoms with Crippen molar-refractivity contribution in [2.24, 2.45) is 0 Å². The molecule has 1 aromatic carbocycles. The lowest BCUT2D eigenvalue weighted by molar-refractivity contribution is -0.402. The highest BCUT2D eigenvalue weighted by Gasteiger charge is 1.92.